The lowest BCUT2D eigenvalue weighted by molar-refractivity contribution is -0.171. The number of carboxylic acid groups (broad SMARTS) is 2. The molecule has 2 bridgehead atoms. The van der Waals surface area contributed by atoms with Gasteiger partial charge in [-0.2, -0.15) is 0 Å². The molecule has 88 valence electrons. The molecule has 2 saturated heterocycles. The van der Waals surface area contributed by atoms with Crippen molar-refractivity contribution in [3.05, 3.63) is 0 Å². The first kappa shape index (κ1) is 11.0. The maximum Gasteiger partial charge on any atom is 0.319 e. The molecule has 0 aliphatic carbocycles. The van der Waals surface area contributed by atoms with Gasteiger partial charge in [0.2, 0.25) is 0 Å². The second kappa shape index (κ2) is 3.26. The number of nitrogens with one attached hydrogen (secondary N) is 2. The molecule has 0 aromatic carbocycles. The number of carbonyl (C=O) groups is 3. The number of hydrogen-bond acceptors (Lipinski definition) is 5. The molecule has 2 rings (SSSR count). The number of Topliss-reactive ketones (excluding diaryl/α,β-unsaturated/α-hetero) is 1. The average Bonchev–Trinajstić information content (AvgIpc) is 2.16. The van der Waals surface area contributed by atoms with Crippen molar-refractivity contribution in [1.29, 1.82) is 0 Å². The Labute approximate surface area is 90.8 Å². The molecule has 0 atom stereocenters. The molecule has 0 amide bonds. The Morgan fingerprint density at radius 3 is 1.50 bits per heavy atom. The molecule has 2 fully saturated rings. The molecule has 16 heavy (non-hydrogen) atoms. The van der Waals surface area contributed by atoms with Crippen LogP contribution in [-0.4, -0.2) is 54.1 Å². The van der Waals surface area contributed by atoms with Gasteiger partial charge in [0.05, 0.1) is 0 Å². The number of ketones is 1. The summed E-state index contributed by atoms with van der Waals surface area (Å²) in [5, 5.41) is 23.7. The van der Waals surface area contributed by atoms with Gasteiger partial charge in [0.1, 0.15) is 0 Å². The van der Waals surface area contributed by atoms with Crippen LogP contribution < -0.4 is 10.6 Å². The zero-order chi connectivity index (χ0) is 12.0. The van der Waals surface area contributed by atoms with Crippen LogP contribution >= 0.6 is 0 Å². The fourth-order valence-electron chi connectivity index (χ4n) is 2.38. The van der Waals surface area contributed by atoms with Crippen LogP contribution in [0.25, 0.3) is 0 Å². The van der Waals surface area contributed by atoms with Crippen LogP contribution in [0.4, 0.5) is 0 Å². The van der Waals surface area contributed by atoms with Gasteiger partial charge in [-0.25, -0.2) is 0 Å². The summed E-state index contributed by atoms with van der Waals surface area (Å²) in [7, 11) is 0. The molecule has 4 N–H and O–H groups in total. The van der Waals surface area contributed by atoms with Crippen molar-refractivity contribution < 1.29 is 24.6 Å². The number of carbonyl (C=O) groups excluding carboxylic acids is 1. The van der Waals surface area contributed by atoms with Crippen LogP contribution in [0.1, 0.15) is 0 Å². The first-order chi connectivity index (χ1) is 7.46. The Morgan fingerprint density at radius 2 is 1.25 bits per heavy atom. The molecular weight excluding hydrogens is 216 g/mol. The summed E-state index contributed by atoms with van der Waals surface area (Å²) in [6.07, 6.45) is 0. The van der Waals surface area contributed by atoms with Crippen molar-refractivity contribution in [2.75, 3.05) is 26.2 Å². The smallest absolute Gasteiger partial charge is 0.319 e. The maximum atomic E-state index is 12.1. The van der Waals surface area contributed by atoms with E-state index in [9.17, 15) is 14.4 Å². The number of hydrogen-bond donors (Lipinski definition) is 4. The Hall–Kier alpha value is -1.47. The maximum absolute atomic E-state index is 12.1. The molecule has 0 saturated carbocycles. The van der Waals surface area contributed by atoms with Crippen molar-refractivity contribution >= 4 is 17.7 Å². The highest BCUT2D eigenvalue weighted by Crippen LogP contribution is 2.36. The summed E-state index contributed by atoms with van der Waals surface area (Å²) in [5.74, 6) is -3.25. The summed E-state index contributed by atoms with van der Waals surface area (Å²) in [6.45, 7) is -0.0984. The highest BCUT2D eigenvalue weighted by Gasteiger charge is 2.63. The average molecular weight is 228 g/mol. The van der Waals surface area contributed by atoms with E-state index >= 15 is 0 Å². The first-order valence-corrected chi connectivity index (χ1v) is 4.89. The van der Waals surface area contributed by atoms with E-state index < -0.39 is 28.6 Å². The van der Waals surface area contributed by atoms with Crippen LogP contribution in [0.5, 0.6) is 0 Å². The molecule has 0 aromatic heterocycles. The largest absolute Gasteiger partial charge is 0.480 e. The van der Waals surface area contributed by atoms with Gasteiger partial charge in [0.25, 0.3) is 0 Å². The van der Waals surface area contributed by atoms with Gasteiger partial charge in [-0.05, 0) is 0 Å². The summed E-state index contributed by atoms with van der Waals surface area (Å²) in [6, 6.07) is 0. The van der Waals surface area contributed by atoms with Gasteiger partial charge in [-0.3, -0.25) is 14.4 Å². The molecule has 7 heteroatoms. The van der Waals surface area contributed by atoms with Crippen molar-refractivity contribution in [3.63, 3.8) is 0 Å². The topological polar surface area (TPSA) is 116 Å². The third-order valence-corrected chi connectivity index (χ3v) is 3.40. The van der Waals surface area contributed by atoms with Gasteiger partial charge in [0, 0.05) is 26.2 Å². The van der Waals surface area contributed by atoms with E-state index in [1.165, 1.54) is 0 Å². The Bertz CT molecular complexity index is 336. The van der Waals surface area contributed by atoms with Crippen molar-refractivity contribution in [2.45, 2.75) is 0 Å². The summed E-state index contributed by atoms with van der Waals surface area (Å²) < 4.78 is 0. The second-order valence-electron chi connectivity index (χ2n) is 4.31. The standard InChI is InChI=1S/C9H12N2O5/c12-5-8(6(13)14)1-10-3-9(5,7(15)16)4-11-2-8/h10-11H,1-4H2,(H,13,14)(H,15,16). The lowest BCUT2D eigenvalue weighted by Crippen LogP contribution is -2.73. The summed E-state index contributed by atoms with van der Waals surface area (Å²) in [4.78, 5) is 34.4. The Morgan fingerprint density at radius 1 is 0.938 bits per heavy atom. The predicted molar refractivity (Wildman–Crippen MR) is 50.9 cm³/mol. The van der Waals surface area contributed by atoms with Gasteiger partial charge in [0.15, 0.2) is 16.6 Å². The van der Waals surface area contributed by atoms with Crippen LogP contribution in [0.2, 0.25) is 0 Å². The summed E-state index contributed by atoms with van der Waals surface area (Å²) >= 11 is 0. The van der Waals surface area contributed by atoms with Crippen molar-refractivity contribution in [1.82, 2.24) is 10.6 Å². The van der Waals surface area contributed by atoms with E-state index in [1.54, 1.807) is 0 Å². The van der Waals surface area contributed by atoms with Gasteiger partial charge < -0.3 is 20.8 Å². The lowest BCUT2D eigenvalue weighted by atomic mass is 9.63. The number of carboxylic acids is 2. The molecule has 0 unspecified atom stereocenters. The fraction of sp³-hybridized carbons (Fsp3) is 0.667. The minimum absolute atomic E-state index is 0.0246. The molecule has 2 aliphatic heterocycles. The zero-order valence-electron chi connectivity index (χ0n) is 8.45. The van der Waals surface area contributed by atoms with Crippen molar-refractivity contribution in [3.8, 4) is 0 Å². The zero-order valence-corrected chi connectivity index (χ0v) is 8.45. The predicted octanol–water partition coefficient (Wildman–Crippen LogP) is -2.10. The molecule has 7 nitrogen and oxygen atoms in total. The van der Waals surface area contributed by atoms with Crippen LogP contribution in [0, 0.1) is 10.8 Å². The van der Waals surface area contributed by atoms with Gasteiger partial charge in [-0.15, -0.1) is 0 Å². The second-order valence-corrected chi connectivity index (χ2v) is 4.31. The highest BCUT2D eigenvalue weighted by atomic mass is 16.4. The van der Waals surface area contributed by atoms with E-state index in [0.29, 0.717) is 0 Å². The number of rotatable bonds is 2. The third kappa shape index (κ3) is 1.12. The van der Waals surface area contributed by atoms with E-state index in [2.05, 4.69) is 10.6 Å². The van der Waals surface area contributed by atoms with Crippen molar-refractivity contribution in [2.24, 2.45) is 10.8 Å². The highest BCUT2D eigenvalue weighted by molar-refractivity contribution is 6.16. The number of aliphatic carboxylic acids is 2. The molecule has 2 aliphatic rings. The van der Waals surface area contributed by atoms with Gasteiger partial charge >= 0.3 is 11.9 Å². The minimum Gasteiger partial charge on any atom is -0.480 e. The monoisotopic (exact) mass is 228 g/mol. The normalized spacial score (nSPS) is 38.1. The first-order valence-electron chi connectivity index (χ1n) is 4.89. The number of piperidine rings is 2. The van der Waals surface area contributed by atoms with Crippen LogP contribution in [0.3, 0.4) is 0 Å². The fourth-order valence-corrected chi connectivity index (χ4v) is 2.38. The van der Waals surface area contributed by atoms with Crippen LogP contribution in [-0.2, 0) is 14.4 Å². The lowest BCUT2D eigenvalue weighted by Gasteiger charge is -2.46. The van der Waals surface area contributed by atoms with E-state index in [4.69, 9.17) is 10.2 Å². The molecule has 0 aromatic rings. The summed E-state index contributed by atoms with van der Waals surface area (Å²) in [5.41, 5.74) is -3.29. The van der Waals surface area contributed by atoms with E-state index in [-0.39, 0.29) is 26.2 Å². The minimum atomic E-state index is -1.64. The quantitative estimate of drug-likeness (QED) is 0.400. The third-order valence-electron chi connectivity index (χ3n) is 3.40. The molecular formula is C9H12N2O5. The number of fused-ring (bicyclic) bond motifs is 2. The van der Waals surface area contributed by atoms with Crippen LogP contribution in [0.15, 0.2) is 0 Å². The molecule has 0 radical (unpaired) electrons. The van der Waals surface area contributed by atoms with E-state index in [1.807, 2.05) is 0 Å². The van der Waals surface area contributed by atoms with Gasteiger partial charge in [-0.1, -0.05) is 0 Å². The Balaban J connectivity index is 2.49. The van der Waals surface area contributed by atoms with E-state index in [0.717, 1.165) is 0 Å². The Kier molecular flexibility index (Phi) is 2.25. The molecule has 2 heterocycles. The molecule has 0 spiro atoms. The SMILES string of the molecule is O=C(O)C12CNCC(C(=O)O)(CNC1)C2=O.